The zero-order valence-electron chi connectivity index (χ0n) is 10.2. The molecule has 0 aliphatic carbocycles. The molecule has 0 aromatic carbocycles. The Balaban J connectivity index is 1.94. The van der Waals surface area contributed by atoms with Gasteiger partial charge in [0.1, 0.15) is 5.69 Å². The second-order valence-corrected chi connectivity index (χ2v) is 4.45. The van der Waals surface area contributed by atoms with E-state index in [0.717, 1.165) is 6.42 Å². The lowest BCUT2D eigenvalue weighted by Crippen LogP contribution is -2.33. The molecule has 102 valence electrons. The number of aliphatic hydroxyl groups is 1. The van der Waals surface area contributed by atoms with Gasteiger partial charge in [0.15, 0.2) is 0 Å². The Morgan fingerprint density at radius 1 is 1.47 bits per heavy atom. The SMILES string of the molecule is O=C(O)c1ccc(NC(=O)N2CCC(CO)C2)cn1. The third-order valence-corrected chi connectivity index (χ3v) is 3.07. The van der Waals surface area contributed by atoms with Crippen molar-refractivity contribution >= 4 is 17.7 Å². The molecule has 19 heavy (non-hydrogen) atoms. The molecule has 7 nitrogen and oxygen atoms in total. The molecule has 1 atom stereocenters. The van der Waals surface area contributed by atoms with Gasteiger partial charge in [-0.15, -0.1) is 0 Å². The zero-order chi connectivity index (χ0) is 13.8. The lowest BCUT2D eigenvalue weighted by molar-refractivity contribution is 0.0690. The summed E-state index contributed by atoms with van der Waals surface area (Å²) >= 11 is 0. The number of nitrogens with one attached hydrogen (secondary N) is 1. The number of carboxylic acid groups (broad SMARTS) is 1. The minimum absolute atomic E-state index is 0.0699. The van der Waals surface area contributed by atoms with Gasteiger partial charge in [0.2, 0.25) is 0 Å². The Morgan fingerprint density at radius 2 is 2.26 bits per heavy atom. The standard InChI is InChI=1S/C12H15N3O4/c16-7-8-3-4-15(6-8)12(19)14-9-1-2-10(11(17)18)13-5-9/h1-2,5,8,16H,3-4,6-7H2,(H,14,19)(H,17,18). The van der Waals surface area contributed by atoms with Crippen molar-refractivity contribution in [2.24, 2.45) is 5.92 Å². The van der Waals surface area contributed by atoms with Crippen molar-refractivity contribution in [2.45, 2.75) is 6.42 Å². The van der Waals surface area contributed by atoms with Gasteiger partial charge < -0.3 is 20.4 Å². The van der Waals surface area contributed by atoms with Gasteiger partial charge in [-0.25, -0.2) is 14.6 Å². The van der Waals surface area contributed by atoms with Crippen molar-refractivity contribution in [3.8, 4) is 0 Å². The summed E-state index contributed by atoms with van der Waals surface area (Å²) in [4.78, 5) is 27.8. The zero-order valence-corrected chi connectivity index (χ0v) is 10.2. The van der Waals surface area contributed by atoms with E-state index in [1.807, 2.05) is 0 Å². The number of hydrogen-bond acceptors (Lipinski definition) is 4. The third kappa shape index (κ3) is 3.19. The van der Waals surface area contributed by atoms with Gasteiger partial charge in [0.25, 0.3) is 0 Å². The van der Waals surface area contributed by atoms with Crippen LogP contribution in [0, 0.1) is 5.92 Å². The van der Waals surface area contributed by atoms with Gasteiger partial charge in [0.05, 0.1) is 11.9 Å². The van der Waals surface area contributed by atoms with E-state index in [2.05, 4.69) is 10.3 Å². The van der Waals surface area contributed by atoms with Crippen molar-refractivity contribution < 1.29 is 19.8 Å². The number of aromatic carboxylic acids is 1. The summed E-state index contributed by atoms with van der Waals surface area (Å²) in [5.74, 6) is -0.971. The molecule has 0 saturated carbocycles. The van der Waals surface area contributed by atoms with Crippen LogP contribution < -0.4 is 5.32 Å². The molecule has 1 aliphatic rings. The Labute approximate surface area is 109 Å². The van der Waals surface area contributed by atoms with E-state index in [1.165, 1.54) is 18.3 Å². The number of urea groups is 1. The molecule has 0 radical (unpaired) electrons. The van der Waals surface area contributed by atoms with E-state index in [1.54, 1.807) is 4.90 Å². The minimum atomic E-state index is -1.11. The van der Waals surface area contributed by atoms with Crippen molar-refractivity contribution in [3.63, 3.8) is 0 Å². The van der Waals surface area contributed by atoms with Gasteiger partial charge in [-0.3, -0.25) is 0 Å². The molecule has 1 unspecified atom stereocenters. The molecule has 1 fully saturated rings. The normalized spacial score (nSPS) is 18.4. The third-order valence-electron chi connectivity index (χ3n) is 3.07. The highest BCUT2D eigenvalue weighted by Gasteiger charge is 2.25. The summed E-state index contributed by atoms with van der Waals surface area (Å²) in [5, 5.41) is 20.4. The summed E-state index contributed by atoms with van der Waals surface area (Å²) in [6, 6.07) is 2.56. The van der Waals surface area contributed by atoms with Crippen LogP contribution in [0.25, 0.3) is 0 Å². The van der Waals surface area contributed by atoms with Gasteiger partial charge in [0, 0.05) is 25.6 Å². The van der Waals surface area contributed by atoms with Crippen LogP contribution in [0.15, 0.2) is 18.3 Å². The van der Waals surface area contributed by atoms with Crippen LogP contribution in [0.5, 0.6) is 0 Å². The van der Waals surface area contributed by atoms with Crippen molar-refractivity contribution in [1.82, 2.24) is 9.88 Å². The summed E-state index contributed by atoms with van der Waals surface area (Å²) in [5.41, 5.74) is 0.377. The molecular formula is C12H15N3O4. The summed E-state index contributed by atoms with van der Waals surface area (Å²) in [7, 11) is 0. The number of nitrogens with zero attached hydrogens (tertiary/aromatic N) is 2. The number of rotatable bonds is 3. The maximum Gasteiger partial charge on any atom is 0.354 e. The first kappa shape index (κ1) is 13.3. The van der Waals surface area contributed by atoms with Gasteiger partial charge in [-0.1, -0.05) is 0 Å². The van der Waals surface area contributed by atoms with Gasteiger partial charge >= 0.3 is 12.0 Å². The van der Waals surface area contributed by atoms with Crippen LogP contribution in [0.1, 0.15) is 16.9 Å². The summed E-state index contributed by atoms with van der Waals surface area (Å²) in [6.45, 7) is 1.22. The molecular weight excluding hydrogens is 250 g/mol. The molecule has 2 heterocycles. The number of hydrogen-bond donors (Lipinski definition) is 3. The average molecular weight is 265 g/mol. The Bertz CT molecular complexity index is 474. The number of anilines is 1. The number of carboxylic acids is 1. The lowest BCUT2D eigenvalue weighted by Gasteiger charge is -2.16. The summed E-state index contributed by atoms with van der Waals surface area (Å²) < 4.78 is 0. The molecule has 1 aromatic rings. The Hall–Kier alpha value is -2.15. The molecule has 0 bridgehead atoms. The molecule has 2 amide bonds. The van der Waals surface area contributed by atoms with Crippen LogP contribution in [-0.4, -0.2) is 51.8 Å². The van der Waals surface area contributed by atoms with E-state index in [4.69, 9.17) is 10.2 Å². The number of amides is 2. The largest absolute Gasteiger partial charge is 0.477 e. The molecule has 1 aromatic heterocycles. The molecule has 3 N–H and O–H groups in total. The number of pyridine rings is 1. The molecule has 2 rings (SSSR count). The van der Waals surface area contributed by atoms with E-state index >= 15 is 0 Å². The number of carbonyl (C=O) groups excluding carboxylic acids is 1. The quantitative estimate of drug-likeness (QED) is 0.743. The predicted molar refractivity (Wildman–Crippen MR) is 67.0 cm³/mol. The molecule has 0 spiro atoms. The molecule has 1 saturated heterocycles. The first-order chi connectivity index (χ1) is 9.10. The number of aromatic nitrogens is 1. The number of likely N-dealkylation sites (tertiary alicyclic amines) is 1. The van der Waals surface area contributed by atoms with Crippen LogP contribution in [0.2, 0.25) is 0 Å². The van der Waals surface area contributed by atoms with Crippen LogP contribution in [-0.2, 0) is 0 Å². The Kier molecular flexibility index (Phi) is 3.96. The monoisotopic (exact) mass is 265 g/mol. The highest BCUT2D eigenvalue weighted by atomic mass is 16.4. The van der Waals surface area contributed by atoms with Crippen LogP contribution >= 0.6 is 0 Å². The summed E-state index contributed by atoms with van der Waals surface area (Å²) in [6.07, 6.45) is 2.10. The maximum atomic E-state index is 11.9. The smallest absolute Gasteiger partial charge is 0.354 e. The number of aliphatic hydroxyl groups excluding tert-OH is 1. The van der Waals surface area contributed by atoms with Gasteiger partial charge in [-0.2, -0.15) is 0 Å². The first-order valence-corrected chi connectivity index (χ1v) is 5.96. The highest BCUT2D eigenvalue weighted by Crippen LogP contribution is 2.17. The van der Waals surface area contributed by atoms with Crippen molar-refractivity contribution in [2.75, 3.05) is 25.0 Å². The second-order valence-electron chi connectivity index (χ2n) is 4.45. The second kappa shape index (κ2) is 5.66. The van der Waals surface area contributed by atoms with E-state index in [0.29, 0.717) is 18.8 Å². The van der Waals surface area contributed by atoms with E-state index in [9.17, 15) is 9.59 Å². The molecule has 7 heteroatoms. The molecule has 1 aliphatic heterocycles. The first-order valence-electron chi connectivity index (χ1n) is 5.96. The number of carbonyl (C=O) groups is 2. The maximum absolute atomic E-state index is 11.9. The van der Waals surface area contributed by atoms with Crippen molar-refractivity contribution in [1.29, 1.82) is 0 Å². The Morgan fingerprint density at radius 3 is 2.79 bits per heavy atom. The van der Waals surface area contributed by atoms with Crippen LogP contribution in [0.3, 0.4) is 0 Å². The predicted octanol–water partition coefficient (Wildman–Crippen LogP) is 0.626. The van der Waals surface area contributed by atoms with Crippen molar-refractivity contribution in [3.05, 3.63) is 24.0 Å². The van der Waals surface area contributed by atoms with Crippen LogP contribution in [0.4, 0.5) is 10.5 Å². The topological polar surface area (TPSA) is 103 Å². The van der Waals surface area contributed by atoms with E-state index < -0.39 is 5.97 Å². The fourth-order valence-corrected chi connectivity index (χ4v) is 1.96. The lowest BCUT2D eigenvalue weighted by atomic mass is 10.1. The minimum Gasteiger partial charge on any atom is -0.477 e. The fraction of sp³-hybridized carbons (Fsp3) is 0.417. The van der Waals surface area contributed by atoms with Gasteiger partial charge in [-0.05, 0) is 18.6 Å². The average Bonchev–Trinajstić information content (AvgIpc) is 2.88. The highest BCUT2D eigenvalue weighted by molar-refractivity contribution is 5.90. The fourth-order valence-electron chi connectivity index (χ4n) is 1.96. The van der Waals surface area contributed by atoms with E-state index in [-0.39, 0.29) is 24.2 Å².